The van der Waals surface area contributed by atoms with Crippen molar-refractivity contribution in [2.45, 2.75) is 32.4 Å². The van der Waals surface area contributed by atoms with Crippen LogP contribution in [0.15, 0.2) is 18.2 Å². The fourth-order valence-electron chi connectivity index (χ4n) is 2.53. The Bertz CT molecular complexity index is 411. The normalized spacial score (nSPS) is 20.1. The van der Waals surface area contributed by atoms with Crippen molar-refractivity contribution in [2.24, 2.45) is 0 Å². The third-order valence-electron chi connectivity index (χ3n) is 3.67. The molecule has 1 atom stereocenters. The molecule has 1 aromatic rings. The maximum absolute atomic E-state index is 9.23. The molecule has 18 heavy (non-hydrogen) atoms. The van der Waals surface area contributed by atoms with Gasteiger partial charge in [-0.15, -0.1) is 0 Å². The van der Waals surface area contributed by atoms with Crippen LogP contribution in [-0.2, 0) is 6.54 Å². The number of rotatable bonds is 4. The summed E-state index contributed by atoms with van der Waals surface area (Å²) in [4.78, 5) is 2.39. The van der Waals surface area contributed by atoms with Crippen LogP contribution >= 0.6 is 0 Å². The number of hydrogen-bond acceptors (Lipinski definition) is 4. The second-order valence-electron chi connectivity index (χ2n) is 4.91. The number of hydrogen-bond donors (Lipinski definition) is 2. The zero-order valence-electron chi connectivity index (χ0n) is 11.0. The summed E-state index contributed by atoms with van der Waals surface area (Å²) in [6.45, 7) is 4.12. The van der Waals surface area contributed by atoms with Crippen LogP contribution in [0, 0.1) is 0 Å². The highest BCUT2D eigenvalue weighted by Gasteiger charge is 2.22. The molecule has 0 spiro atoms. The van der Waals surface area contributed by atoms with Crippen LogP contribution in [0.25, 0.3) is 0 Å². The average molecular weight is 249 g/mol. The fraction of sp³-hybridized carbons (Fsp3) is 0.538. The highest BCUT2D eigenvalue weighted by molar-refractivity contribution is 6.58. The highest BCUT2D eigenvalue weighted by Crippen LogP contribution is 2.24. The van der Waals surface area contributed by atoms with Gasteiger partial charge in [0.25, 0.3) is 0 Å². The van der Waals surface area contributed by atoms with Gasteiger partial charge in [-0.2, -0.15) is 0 Å². The summed E-state index contributed by atoms with van der Waals surface area (Å²) < 4.78 is 5.34. The Hall–Kier alpha value is -1.04. The number of methoxy groups -OCH3 is 1. The Kier molecular flexibility index (Phi) is 4.27. The van der Waals surface area contributed by atoms with Gasteiger partial charge in [-0.3, -0.25) is 4.90 Å². The fourth-order valence-corrected chi connectivity index (χ4v) is 2.53. The van der Waals surface area contributed by atoms with Gasteiger partial charge < -0.3 is 14.8 Å². The second kappa shape index (κ2) is 5.74. The summed E-state index contributed by atoms with van der Waals surface area (Å²) >= 11 is 0. The van der Waals surface area contributed by atoms with Gasteiger partial charge in [0.15, 0.2) is 0 Å². The molecule has 0 radical (unpaired) electrons. The zero-order valence-corrected chi connectivity index (χ0v) is 11.0. The summed E-state index contributed by atoms with van der Waals surface area (Å²) in [7, 11) is 0.215. The molecule has 98 valence electrons. The van der Waals surface area contributed by atoms with E-state index in [2.05, 4.69) is 11.8 Å². The van der Waals surface area contributed by atoms with Crippen molar-refractivity contribution in [3.63, 3.8) is 0 Å². The van der Waals surface area contributed by atoms with E-state index in [9.17, 15) is 10.0 Å². The molecule has 1 saturated heterocycles. The van der Waals surface area contributed by atoms with E-state index in [-0.39, 0.29) is 0 Å². The smallest absolute Gasteiger partial charge is 0.488 e. The van der Waals surface area contributed by atoms with Crippen molar-refractivity contribution in [1.82, 2.24) is 4.90 Å². The van der Waals surface area contributed by atoms with Gasteiger partial charge in [0.1, 0.15) is 5.75 Å². The lowest BCUT2D eigenvalue weighted by Gasteiger charge is -2.22. The van der Waals surface area contributed by atoms with E-state index < -0.39 is 7.12 Å². The molecular weight excluding hydrogens is 229 g/mol. The minimum atomic E-state index is -1.43. The summed E-state index contributed by atoms with van der Waals surface area (Å²) in [5.41, 5.74) is 1.52. The predicted octanol–water partition coefficient (Wildman–Crippen LogP) is 0.359. The van der Waals surface area contributed by atoms with E-state index in [1.807, 2.05) is 6.07 Å². The monoisotopic (exact) mass is 249 g/mol. The largest absolute Gasteiger partial charge is 0.496 e. The molecule has 1 fully saturated rings. The minimum absolute atomic E-state index is 0.512. The Morgan fingerprint density at radius 3 is 2.78 bits per heavy atom. The molecule has 0 amide bonds. The van der Waals surface area contributed by atoms with Crippen molar-refractivity contribution in [3.05, 3.63) is 23.8 Å². The quantitative estimate of drug-likeness (QED) is 0.756. The van der Waals surface area contributed by atoms with Crippen LogP contribution in [0.3, 0.4) is 0 Å². The van der Waals surface area contributed by atoms with Crippen LogP contribution < -0.4 is 10.2 Å². The highest BCUT2D eigenvalue weighted by atomic mass is 16.5. The third kappa shape index (κ3) is 2.86. The summed E-state index contributed by atoms with van der Waals surface area (Å²) in [6.07, 6.45) is 2.45. The van der Waals surface area contributed by atoms with E-state index in [4.69, 9.17) is 4.74 Å². The molecule has 2 N–H and O–H groups in total. The Labute approximate surface area is 108 Å². The molecule has 1 heterocycles. The van der Waals surface area contributed by atoms with E-state index in [0.29, 0.717) is 11.5 Å². The Morgan fingerprint density at radius 1 is 1.44 bits per heavy atom. The first-order valence-electron chi connectivity index (χ1n) is 6.39. The predicted molar refractivity (Wildman–Crippen MR) is 71.9 cm³/mol. The molecular formula is C13H20BNO3. The van der Waals surface area contributed by atoms with Gasteiger partial charge in [0, 0.05) is 18.2 Å². The minimum Gasteiger partial charge on any atom is -0.496 e. The summed E-state index contributed by atoms with van der Waals surface area (Å²) in [5, 5.41) is 18.5. The SMILES string of the molecule is COc1ccc(B(O)O)cc1CN1CCCC1C. The van der Waals surface area contributed by atoms with Crippen molar-refractivity contribution >= 4 is 12.6 Å². The first-order chi connectivity index (χ1) is 8.61. The lowest BCUT2D eigenvalue weighted by Crippen LogP contribution is -2.31. The van der Waals surface area contributed by atoms with E-state index in [0.717, 1.165) is 24.4 Å². The number of ether oxygens (including phenoxy) is 1. The Balaban J connectivity index is 2.21. The van der Waals surface area contributed by atoms with Gasteiger partial charge in [-0.1, -0.05) is 12.1 Å². The molecule has 4 nitrogen and oxygen atoms in total. The topological polar surface area (TPSA) is 52.9 Å². The van der Waals surface area contributed by atoms with Gasteiger partial charge in [0.2, 0.25) is 0 Å². The molecule has 1 aliphatic rings. The molecule has 0 bridgehead atoms. The molecule has 5 heteroatoms. The molecule has 1 aromatic carbocycles. The second-order valence-corrected chi connectivity index (χ2v) is 4.91. The van der Waals surface area contributed by atoms with Gasteiger partial charge >= 0.3 is 7.12 Å². The van der Waals surface area contributed by atoms with Crippen molar-refractivity contribution in [1.29, 1.82) is 0 Å². The van der Waals surface area contributed by atoms with Gasteiger partial charge in [-0.05, 0) is 37.8 Å². The average Bonchev–Trinajstić information content (AvgIpc) is 2.75. The molecule has 1 aliphatic heterocycles. The van der Waals surface area contributed by atoms with E-state index in [1.165, 1.54) is 12.8 Å². The lowest BCUT2D eigenvalue weighted by atomic mass is 9.79. The van der Waals surface area contributed by atoms with Gasteiger partial charge in [-0.25, -0.2) is 0 Å². The molecule has 1 unspecified atom stereocenters. The molecule has 0 aliphatic carbocycles. The van der Waals surface area contributed by atoms with Crippen LogP contribution in [0.2, 0.25) is 0 Å². The first kappa shape index (κ1) is 13.4. The van der Waals surface area contributed by atoms with Gasteiger partial charge in [0.05, 0.1) is 7.11 Å². The zero-order chi connectivity index (χ0) is 13.1. The maximum Gasteiger partial charge on any atom is 0.488 e. The number of benzene rings is 1. The molecule has 2 rings (SSSR count). The lowest BCUT2D eigenvalue weighted by molar-refractivity contribution is 0.256. The van der Waals surface area contributed by atoms with Crippen molar-refractivity contribution in [2.75, 3.05) is 13.7 Å². The van der Waals surface area contributed by atoms with Crippen molar-refractivity contribution in [3.8, 4) is 5.75 Å². The van der Waals surface area contributed by atoms with E-state index in [1.54, 1.807) is 19.2 Å². The maximum atomic E-state index is 9.23. The number of nitrogens with zero attached hydrogens (tertiary/aromatic N) is 1. The standard InChI is InChI=1S/C13H20BNO3/c1-10-4-3-7-15(10)9-11-8-12(14(16)17)5-6-13(11)18-2/h5-6,8,10,16-17H,3-4,7,9H2,1-2H3. The third-order valence-corrected chi connectivity index (χ3v) is 3.67. The summed E-state index contributed by atoms with van der Waals surface area (Å²) in [5.74, 6) is 0.804. The summed E-state index contributed by atoms with van der Waals surface area (Å²) in [6, 6.07) is 5.87. The molecule has 0 aromatic heterocycles. The van der Waals surface area contributed by atoms with Crippen LogP contribution in [0.4, 0.5) is 0 Å². The first-order valence-corrected chi connectivity index (χ1v) is 6.39. The van der Waals surface area contributed by atoms with Crippen LogP contribution in [-0.4, -0.2) is 41.8 Å². The van der Waals surface area contributed by atoms with Crippen molar-refractivity contribution < 1.29 is 14.8 Å². The van der Waals surface area contributed by atoms with E-state index >= 15 is 0 Å². The molecule has 0 saturated carbocycles. The Morgan fingerprint density at radius 2 is 2.22 bits per heavy atom. The van der Waals surface area contributed by atoms with Crippen LogP contribution in [0.1, 0.15) is 25.3 Å². The number of likely N-dealkylation sites (tertiary alicyclic amines) is 1. The van der Waals surface area contributed by atoms with Crippen LogP contribution in [0.5, 0.6) is 5.75 Å².